The summed E-state index contributed by atoms with van der Waals surface area (Å²) in [5.74, 6) is 0.404. The van der Waals surface area contributed by atoms with Gasteiger partial charge in [-0.15, -0.1) is 0 Å². The summed E-state index contributed by atoms with van der Waals surface area (Å²) >= 11 is 0. The van der Waals surface area contributed by atoms with Crippen LogP contribution in [0.1, 0.15) is 29.2 Å². The summed E-state index contributed by atoms with van der Waals surface area (Å²) in [5, 5.41) is 2.77. The lowest BCUT2D eigenvalue weighted by Crippen LogP contribution is -2.48. The van der Waals surface area contributed by atoms with Crippen molar-refractivity contribution in [2.45, 2.75) is 40.7 Å². The number of sulfonamides is 1. The number of carbonyl (C=O) groups excluding carboxylic acids is 1. The number of ether oxygens (including phenoxy) is 1. The van der Waals surface area contributed by atoms with Gasteiger partial charge in [-0.3, -0.25) is 9.10 Å². The van der Waals surface area contributed by atoms with Crippen molar-refractivity contribution < 1.29 is 17.9 Å². The van der Waals surface area contributed by atoms with E-state index in [0.29, 0.717) is 12.3 Å². The van der Waals surface area contributed by atoms with Crippen LogP contribution in [0.2, 0.25) is 0 Å². The Labute approximate surface area is 173 Å². The zero-order valence-corrected chi connectivity index (χ0v) is 18.8. The largest absolute Gasteiger partial charge is 0.491 e. The fourth-order valence-corrected chi connectivity index (χ4v) is 4.33. The molecule has 2 aromatic carbocycles. The molecule has 1 atom stereocenters. The fraction of sp³-hybridized carbons (Fsp3) is 0.409. The molecule has 0 radical (unpaired) electrons. The molecular formula is C22H30N2O4S. The lowest BCUT2D eigenvalue weighted by molar-refractivity contribution is -0.121. The minimum atomic E-state index is -3.64. The third-order valence-corrected chi connectivity index (χ3v) is 6.13. The molecule has 0 aliphatic carbocycles. The first kappa shape index (κ1) is 22.7. The number of nitrogens with one attached hydrogen (secondary N) is 1. The maximum absolute atomic E-state index is 12.7. The van der Waals surface area contributed by atoms with E-state index in [0.717, 1.165) is 34.3 Å². The van der Waals surface area contributed by atoms with Crippen LogP contribution in [0.4, 0.5) is 5.69 Å². The van der Waals surface area contributed by atoms with Crippen LogP contribution in [0.15, 0.2) is 36.4 Å². The zero-order chi connectivity index (χ0) is 21.8. The molecule has 1 N–H and O–H groups in total. The molecule has 0 aliphatic heterocycles. The monoisotopic (exact) mass is 418 g/mol. The van der Waals surface area contributed by atoms with Crippen LogP contribution in [-0.2, 0) is 14.8 Å². The predicted octanol–water partition coefficient (Wildman–Crippen LogP) is 3.27. The molecular weight excluding hydrogens is 388 g/mol. The van der Waals surface area contributed by atoms with Gasteiger partial charge in [-0.2, -0.15) is 0 Å². The number of aryl methyl sites for hydroxylation is 3. The van der Waals surface area contributed by atoms with Gasteiger partial charge >= 0.3 is 0 Å². The van der Waals surface area contributed by atoms with Crippen LogP contribution in [0, 0.1) is 27.7 Å². The van der Waals surface area contributed by atoms with E-state index in [1.807, 2.05) is 58.0 Å². The van der Waals surface area contributed by atoms with Crippen LogP contribution < -0.4 is 14.4 Å². The van der Waals surface area contributed by atoms with Crippen molar-refractivity contribution in [2.75, 3.05) is 23.7 Å². The van der Waals surface area contributed by atoms with Crippen LogP contribution in [-0.4, -0.2) is 39.8 Å². The Balaban J connectivity index is 2.06. The Bertz CT molecular complexity index is 986. The van der Waals surface area contributed by atoms with Gasteiger partial charge in [0.1, 0.15) is 18.4 Å². The number of hydrogen-bond acceptors (Lipinski definition) is 4. The molecule has 0 aromatic heterocycles. The molecule has 0 aliphatic rings. The molecule has 0 saturated heterocycles. The first-order chi connectivity index (χ1) is 13.5. The second kappa shape index (κ2) is 9.31. The lowest BCUT2D eigenvalue weighted by Gasteiger charge is -2.29. The maximum atomic E-state index is 12.7. The summed E-state index contributed by atoms with van der Waals surface area (Å²) < 4.78 is 31.8. The third-order valence-electron chi connectivity index (χ3n) is 4.90. The van der Waals surface area contributed by atoms with E-state index in [-0.39, 0.29) is 12.5 Å². The Kier molecular flexibility index (Phi) is 7.30. The van der Waals surface area contributed by atoms with Crippen LogP contribution >= 0.6 is 0 Å². The first-order valence-electron chi connectivity index (χ1n) is 9.55. The lowest BCUT2D eigenvalue weighted by atomic mass is 10.1. The highest BCUT2D eigenvalue weighted by Gasteiger charge is 2.30. The zero-order valence-electron chi connectivity index (χ0n) is 17.9. The highest BCUT2D eigenvalue weighted by atomic mass is 32.2. The summed E-state index contributed by atoms with van der Waals surface area (Å²) in [5.41, 5.74) is 4.43. The number of carbonyl (C=O) groups is 1. The fourth-order valence-electron chi connectivity index (χ4n) is 3.10. The number of hydrogen-bond donors (Lipinski definition) is 1. The van der Waals surface area contributed by atoms with Crippen molar-refractivity contribution in [3.05, 3.63) is 58.7 Å². The molecule has 0 fully saturated rings. The molecule has 6 nitrogen and oxygen atoms in total. The Morgan fingerprint density at radius 1 is 1.10 bits per heavy atom. The number of anilines is 1. The van der Waals surface area contributed by atoms with Crippen LogP contribution in [0.3, 0.4) is 0 Å². The Morgan fingerprint density at radius 3 is 2.45 bits per heavy atom. The normalized spacial score (nSPS) is 12.3. The van der Waals surface area contributed by atoms with E-state index in [1.54, 1.807) is 13.0 Å². The summed E-state index contributed by atoms with van der Waals surface area (Å²) in [4.78, 5) is 12.7. The predicted molar refractivity (Wildman–Crippen MR) is 117 cm³/mol. The molecule has 0 saturated carbocycles. The van der Waals surface area contributed by atoms with E-state index in [4.69, 9.17) is 4.74 Å². The van der Waals surface area contributed by atoms with Crippen LogP contribution in [0.5, 0.6) is 5.75 Å². The Hall–Kier alpha value is -2.54. The molecule has 2 rings (SSSR count). The summed E-state index contributed by atoms with van der Waals surface area (Å²) in [6.45, 7) is 9.88. The number of nitrogens with zero attached hydrogens (tertiary/aromatic N) is 1. The van der Waals surface area contributed by atoms with E-state index in [2.05, 4.69) is 5.32 Å². The van der Waals surface area contributed by atoms with Gasteiger partial charge in [0.2, 0.25) is 15.9 Å². The Morgan fingerprint density at radius 2 is 1.79 bits per heavy atom. The maximum Gasteiger partial charge on any atom is 0.243 e. The van der Waals surface area contributed by atoms with Crippen LogP contribution in [0.25, 0.3) is 0 Å². The SMILES string of the molecule is Cc1ccc(C)c(N([C@H](C)C(=O)NCCOc2cccc(C)c2C)S(C)(=O)=O)c1. The van der Waals surface area contributed by atoms with Gasteiger partial charge in [-0.1, -0.05) is 24.3 Å². The highest BCUT2D eigenvalue weighted by molar-refractivity contribution is 7.92. The second-order valence-electron chi connectivity index (χ2n) is 7.36. The van der Waals surface area contributed by atoms with Crippen molar-refractivity contribution in [3.8, 4) is 5.75 Å². The molecule has 0 spiro atoms. The minimum absolute atomic E-state index is 0.279. The summed E-state index contributed by atoms with van der Waals surface area (Å²) in [6, 6.07) is 10.5. The average molecular weight is 419 g/mol. The third kappa shape index (κ3) is 5.73. The smallest absolute Gasteiger partial charge is 0.243 e. The number of amides is 1. The van der Waals surface area contributed by atoms with Gasteiger partial charge in [0, 0.05) is 0 Å². The van der Waals surface area contributed by atoms with Crippen molar-refractivity contribution in [1.29, 1.82) is 0 Å². The van der Waals surface area contributed by atoms with Gasteiger partial charge < -0.3 is 10.1 Å². The van der Waals surface area contributed by atoms with E-state index < -0.39 is 16.1 Å². The molecule has 1 amide bonds. The molecule has 7 heteroatoms. The van der Waals surface area contributed by atoms with Gasteiger partial charge in [0.05, 0.1) is 18.5 Å². The highest BCUT2D eigenvalue weighted by Crippen LogP contribution is 2.26. The van der Waals surface area contributed by atoms with Gasteiger partial charge in [0.15, 0.2) is 0 Å². The standard InChI is InChI=1S/C22H30N2O4S/c1-15-10-11-17(3)20(14-15)24(29(6,26)27)19(5)22(25)23-12-13-28-21-9-7-8-16(2)18(21)4/h7-11,14,19H,12-13H2,1-6H3,(H,23,25)/t19-/m1/s1. The van der Waals surface area contributed by atoms with E-state index >= 15 is 0 Å². The molecule has 0 heterocycles. The summed E-state index contributed by atoms with van der Waals surface area (Å²) in [7, 11) is -3.64. The topological polar surface area (TPSA) is 75.7 Å². The first-order valence-corrected chi connectivity index (χ1v) is 11.4. The molecule has 158 valence electrons. The van der Waals surface area contributed by atoms with Gasteiger partial charge in [-0.05, 0) is 69.0 Å². The second-order valence-corrected chi connectivity index (χ2v) is 9.22. The van der Waals surface area contributed by atoms with Crippen molar-refractivity contribution in [3.63, 3.8) is 0 Å². The van der Waals surface area contributed by atoms with E-state index in [1.165, 1.54) is 4.31 Å². The van der Waals surface area contributed by atoms with Gasteiger partial charge in [-0.25, -0.2) is 8.42 Å². The molecule has 0 bridgehead atoms. The molecule has 0 unspecified atom stereocenters. The number of rotatable bonds is 8. The minimum Gasteiger partial charge on any atom is -0.491 e. The molecule has 2 aromatic rings. The van der Waals surface area contributed by atoms with Crippen molar-refractivity contribution >= 4 is 21.6 Å². The molecule has 29 heavy (non-hydrogen) atoms. The quantitative estimate of drug-likeness (QED) is 0.668. The average Bonchev–Trinajstić information content (AvgIpc) is 2.63. The van der Waals surface area contributed by atoms with Crippen molar-refractivity contribution in [1.82, 2.24) is 5.32 Å². The van der Waals surface area contributed by atoms with Crippen molar-refractivity contribution in [2.24, 2.45) is 0 Å². The van der Waals surface area contributed by atoms with Gasteiger partial charge in [0.25, 0.3) is 0 Å². The van der Waals surface area contributed by atoms with E-state index in [9.17, 15) is 13.2 Å². The number of benzene rings is 2. The summed E-state index contributed by atoms with van der Waals surface area (Å²) in [6.07, 6.45) is 1.11.